The van der Waals surface area contributed by atoms with E-state index in [1.54, 1.807) is 6.07 Å². The number of carbonyl (C=O) groups is 1. The van der Waals surface area contributed by atoms with Crippen molar-refractivity contribution in [3.8, 4) is 0 Å². The summed E-state index contributed by atoms with van der Waals surface area (Å²) in [5.41, 5.74) is 1.73. The maximum Gasteiger partial charge on any atom is 0.262 e. The summed E-state index contributed by atoms with van der Waals surface area (Å²) in [5.74, 6) is -3.20. The number of amides is 1. The van der Waals surface area contributed by atoms with Crippen LogP contribution in [0.1, 0.15) is 25.8 Å². The highest BCUT2D eigenvalue weighted by atomic mass is 19.3. The number of halogens is 2. The van der Waals surface area contributed by atoms with E-state index in [-0.39, 0.29) is 0 Å². The van der Waals surface area contributed by atoms with Gasteiger partial charge in [-0.2, -0.15) is 0 Å². The molecule has 1 aromatic carbocycles. The largest absolute Gasteiger partial charge is 0.325 e. The molecule has 1 aliphatic heterocycles. The van der Waals surface area contributed by atoms with Crippen LogP contribution in [-0.2, 0) is 11.3 Å². The van der Waals surface area contributed by atoms with Gasteiger partial charge in [-0.05, 0) is 30.8 Å². The second kappa shape index (κ2) is 7.15. The zero-order valence-corrected chi connectivity index (χ0v) is 13.0. The number of hydrogen-bond acceptors (Lipinski definition) is 3. The number of carbonyl (C=O) groups excluding carboxylic acids is 1. The van der Waals surface area contributed by atoms with E-state index >= 15 is 0 Å². The number of rotatable bonds is 6. The van der Waals surface area contributed by atoms with Crippen molar-refractivity contribution in [2.75, 3.05) is 25.0 Å². The lowest BCUT2D eigenvalue weighted by Crippen LogP contribution is -2.35. The third-order valence-corrected chi connectivity index (χ3v) is 3.92. The van der Waals surface area contributed by atoms with Gasteiger partial charge in [0.2, 0.25) is 5.91 Å². The molecule has 4 nitrogen and oxygen atoms in total. The molecule has 0 aromatic heterocycles. The first kappa shape index (κ1) is 16.8. The van der Waals surface area contributed by atoms with Crippen molar-refractivity contribution in [1.82, 2.24) is 10.2 Å². The Balaban J connectivity index is 1.97. The maximum atomic E-state index is 13.1. The Morgan fingerprint density at radius 1 is 1.41 bits per heavy atom. The Hall–Kier alpha value is -1.53. The van der Waals surface area contributed by atoms with Gasteiger partial charge >= 0.3 is 0 Å². The van der Waals surface area contributed by atoms with Crippen molar-refractivity contribution in [2.24, 2.45) is 0 Å². The molecule has 22 heavy (non-hydrogen) atoms. The van der Waals surface area contributed by atoms with E-state index in [0.29, 0.717) is 5.69 Å². The average molecular weight is 311 g/mol. The molecule has 6 heteroatoms. The molecule has 0 saturated carbocycles. The lowest BCUT2D eigenvalue weighted by atomic mass is 10.1. The third kappa shape index (κ3) is 4.48. The van der Waals surface area contributed by atoms with Gasteiger partial charge in [0.05, 0.1) is 12.6 Å². The normalized spacial score (nSPS) is 20.3. The lowest BCUT2D eigenvalue weighted by Gasteiger charge is -2.18. The zero-order valence-electron chi connectivity index (χ0n) is 13.0. The van der Waals surface area contributed by atoms with E-state index in [9.17, 15) is 13.6 Å². The van der Waals surface area contributed by atoms with Crippen molar-refractivity contribution >= 4 is 11.6 Å². The predicted molar refractivity (Wildman–Crippen MR) is 83.1 cm³/mol. The first-order chi connectivity index (χ1) is 10.4. The minimum atomic E-state index is -2.80. The Kier molecular flexibility index (Phi) is 5.47. The molecule has 0 radical (unpaired) electrons. The molecular weight excluding hydrogens is 288 g/mol. The number of anilines is 1. The molecule has 2 rings (SSSR count). The minimum absolute atomic E-state index is 0.405. The smallest absolute Gasteiger partial charge is 0.262 e. The third-order valence-electron chi connectivity index (χ3n) is 3.92. The van der Waals surface area contributed by atoms with E-state index in [1.807, 2.05) is 18.2 Å². The molecule has 1 heterocycles. The summed E-state index contributed by atoms with van der Waals surface area (Å²) in [5, 5.41) is 5.28. The fourth-order valence-electron chi connectivity index (χ4n) is 2.58. The van der Waals surface area contributed by atoms with Crippen molar-refractivity contribution in [1.29, 1.82) is 0 Å². The van der Waals surface area contributed by atoms with Crippen molar-refractivity contribution in [3.63, 3.8) is 0 Å². The van der Waals surface area contributed by atoms with Crippen LogP contribution in [-0.4, -0.2) is 42.4 Å². The van der Waals surface area contributed by atoms with Gasteiger partial charge in [-0.3, -0.25) is 15.0 Å². The first-order valence-corrected chi connectivity index (χ1v) is 7.67. The highest BCUT2D eigenvalue weighted by Gasteiger charge is 2.42. The van der Waals surface area contributed by atoms with Gasteiger partial charge in [0.15, 0.2) is 0 Å². The van der Waals surface area contributed by atoms with Gasteiger partial charge in [-0.1, -0.05) is 26.0 Å². The minimum Gasteiger partial charge on any atom is -0.325 e. The summed E-state index contributed by atoms with van der Waals surface area (Å²) < 4.78 is 26.3. The topological polar surface area (TPSA) is 44.4 Å². The van der Waals surface area contributed by atoms with Crippen LogP contribution in [0, 0.1) is 0 Å². The monoisotopic (exact) mass is 311 g/mol. The molecule has 122 valence electrons. The van der Waals surface area contributed by atoms with Crippen LogP contribution < -0.4 is 10.6 Å². The Labute approximate surface area is 129 Å². The standard InChI is InChI=1S/C16H23F2N3O/c1-3-21(4-2)10-12-6-5-7-13(8-12)20-15(22)14-9-16(17,18)11-19-14/h5-8,14,19H,3-4,9-11H2,1-2H3,(H,20,22). The van der Waals surface area contributed by atoms with Crippen molar-refractivity contribution in [2.45, 2.75) is 38.8 Å². The summed E-state index contributed by atoms with van der Waals surface area (Å²) in [4.78, 5) is 14.3. The van der Waals surface area contributed by atoms with Gasteiger partial charge < -0.3 is 5.32 Å². The van der Waals surface area contributed by atoms with Gasteiger partial charge in [0.1, 0.15) is 0 Å². The van der Waals surface area contributed by atoms with Gasteiger partial charge in [-0.25, -0.2) is 8.78 Å². The average Bonchev–Trinajstić information content (AvgIpc) is 2.85. The summed E-state index contributed by atoms with van der Waals surface area (Å²) in [6.45, 7) is 6.47. The van der Waals surface area contributed by atoms with Crippen LogP contribution in [0.2, 0.25) is 0 Å². The second-order valence-corrected chi connectivity index (χ2v) is 5.64. The molecule has 1 aliphatic rings. The molecule has 1 amide bonds. The van der Waals surface area contributed by atoms with Gasteiger partial charge in [-0.15, -0.1) is 0 Å². The quantitative estimate of drug-likeness (QED) is 0.848. The summed E-state index contributed by atoms with van der Waals surface area (Å²) in [7, 11) is 0. The van der Waals surface area contributed by atoms with Crippen LogP contribution in [0.15, 0.2) is 24.3 Å². The number of benzene rings is 1. The van der Waals surface area contributed by atoms with Crippen molar-refractivity contribution in [3.05, 3.63) is 29.8 Å². The van der Waals surface area contributed by atoms with E-state index in [4.69, 9.17) is 0 Å². The number of nitrogens with one attached hydrogen (secondary N) is 2. The lowest BCUT2D eigenvalue weighted by molar-refractivity contribution is -0.118. The Morgan fingerprint density at radius 3 is 2.73 bits per heavy atom. The van der Waals surface area contributed by atoms with E-state index < -0.39 is 30.8 Å². The molecule has 2 N–H and O–H groups in total. The van der Waals surface area contributed by atoms with E-state index in [2.05, 4.69) is 29.4 Å². The van der Waals surface area contributed by atoms with Crippen LogP contribution in [0.5, 0.6) is 0 Å². The maximum absolute atomic E-state index is 13.1. The van der Waals surface area contributed by atoms with Crippen molar-refractivity contribution < 1.29 is 13.6 Å². The van der Waals surface area contributed by atoms with Gasteiger partial charge in [0, 0.05) is 18.7 Å². The fraction of sp³-hybridized carbons (Fsp3) is 0.562. The second-order valence-electron chi connectivity index (χ2n) is 5.64. The molecule has 0 spiro atoms. The van der Waals surface area contributed by atoms with E-state index in [1.165, 1.54) is 0 Å². The van der Waals surface area contributed by atoms with Crippen LogP contribution in [0.3, 0.4) is 0 Å². The summed E-state index contributed by atoms with van der Waals surface area (Å²) in [6, 6.07) is 6.70. The van der Waals surface area contributed by atoms with Crippen LogP contribution in [0.4, 0.5) is 14.5 Å². The highest BCUT2D eigenvalue weighted by Crippen LogP contribution is 2.25. The molecule has 1 atom stereocenters. The van der Waals surface area contributed by atoms with Crippen LogP contribution in [0.25, 0.3) is 0 Å². The summed E-state index contributed by atoms with van der Waals surface area (Å²) in [6.07, 6.45) is -0.446. The molecule has 1 fully saturated rings. The summed E-state index contributed by atoms with van der Waals surface area (Å²) >= 11 is 0. The predicted octanol–water partition coefficient (Wildman–Crippen LogP) is 2.46. The number of alkyl halides is 2. The number of nitrogens with zero attached hydrogens (tertiary/aromatic N) is 1. The fourth-order valence-corrected chi connectivity index (χ4v) is 2.58. The molecule has 1 saturated heterocycles. The molecule has 0 aliphatic carbocycles. The SMILES string of the molecule is CCN(CC)Cc1cccc(NC(=O)C2CC(F)(F)CN2)c1. The molecule has 0 bridgehead atoms. The molecule has 1 aromatic rings. The molecular formula is C16H23F2N3O. The van der Waals surface area contributed by atoms with Crippen LogP contribution >= 0.6 is 0 Å². The Morgan fingerprint density at radius 2 is 2.14 bits per heavy atom. The van der Waals surface area contributed by atoms with E-state index in [0.717, 1.165) is 25.2 Å². The zero-order chi connectivity index (χ0) is 16.2. The molecule has 1 unspecified atom stereocenters. The Bertz CT molecular complexity index is 518. The highest BCUT2D eigenvalue weighted by molar-refractivity contribution is 5.95. The number of hydrogen-bond donors (Lipinski definition) is 2. The first-order valence-electron chi connectivity index (χ1n) is 7.67. The van der Waals surface area contributed by atoms with Gasteiger partial charge in [0.25, 0.3) is 5.92 Å².